The minimum absolute atomic E-state index is 0.252. The van der Waals surface area contributed by atoms with E-state index in [1.165, 1.54) is 0 Å². The summed E-state index contributed by atoms with van der Waals surface area (Å²) >= 11 is 0. The molecular formula is C9H14O3. The van der Waals surface area contributed by atoms with Gasteiger partial charge in [0.25, 0.3) is 0 Å². The molecule has 2 aliphatic rings. The Morgan fingerprint density at radius 2 is 1.75 bits per heavy atom. The van der Waals surface area contributed by atoms with Gasteiger partial charge in [-0.1, -0.05) is 12.8 Å². The molecule has 1 aliphatic carbocycles. The zero-order valence-electron chi connectivity index (χ0n) is 7.12. The molecule has 0 aromatic heterocycles. The maximum atomic E-state index is 11.0. The monoisotopic (exact) mass is 170 g/mol. The number of carbonyl (C=O) groups excluding carboxylic acids is 1. The molecule has 0 aromatic rings. The topological polar surface area (TPSA) is 35.5 Å². The van der Waals surface area contributed by atoms with Gasteiger partial charge in [0.1, 0.15) is 6.29 Å². The van der Waals surface area contributed by atoms with Gasteiger partial charge < -0.3 is 14.3 Å². The molecule has 0 amide bonds. The molecule has 0 spiro atoms. The van der Waals surface area contributed by atoms with Gasteiger partial charge in [-0.25, -0.2) is 0 Å². The Labute approximate surface area is 72.0 Å². The zero-order valence-corrected chi connectivity index (χ0v) is 7.12. The first kappa shape index (κ1) is 8.20. The summed E-state index contributed by atoms with van der Waals surface area (Å²) in [5.41, 5.74) is -0.309. The van der Waals surface area contributed by atoms with E-state index in [-0.39, 0.29) is 11.7 Å². The van der Waals surface area contributed by atoms with Crippen molar-refractivity contribution in [2.45, 2.75) is 32.0 Å². The van der Waals surface area contributed by atoms with Crippen LogP contribution in [0.25, 0.3) is 0 Å². The lowest BCUT2D eigenvalue weighted by Crippen LogP contribution is -2.34. The molecule has 0 atom stereocenters. The molecule has 3 heteroatoms. The van der Waals surface area contributed by atoms with Crippen LogP contribution in [0.2, 0.25) is 0 Å². The van der Waals surface area contributed by atoms with Gasteiger partial charge in [-0.15, -0.1) is 0 Å². The van der Waals surface area contributed by atoms with Crippen molar-refractivity contribution in [3.8, 4) is 0 Å². The Kier molecular flexibility index (Phi) is 2.15. The van der Waals surface area contributed by atoms with Crippen LogP contribution in [0, 0.1) is 5.41 Å². The van der Waals surface area contributed by atoms with Crippen molar-refractivity contribution in [1.29, 1.82) is 0 Å². The van der Waals surface area contributed by atoms with Gasteiger partial charge in [0.2, 0.25) is 0 Å². The van der Waals surface area contributed by atoms with Crippen LogP contribution in [0.15, 0.2) is 0 Å². The van der Waals surface area contributed by atoms with E-state index in [9.17, 15) is 4.79 Å². The Bertz CT molecular complexity index is 167. The second-order valence-electron chi connectivity index (χ2n) is 3.63. The highest BCUT2D eigenvalue weighted by Crippen LogP contribution is 2.41. The average molecular weight is 170 g/mol. The summed E-state index contributed by atoms with van der Waals surface area (Å²) in [5, 5.41) is 0. The third-order valence-corrected chi connectivity index (χ3v) is 2.86. The molecule has 1 saturated carbocycles. The lowest BCUT2D eigenvalue weighted by atomic mass is 9.87. The van der Waals surface area contributed by atoms with E-state index in [1.807, 2.05) is 0 Å². The van der Waals surface area contributed by atoms with E-state index in [1.54, 1.807) is 0 Å². The van der Waals surface area contributed by atoms with Crippen molar-refractivity contribution >= 4 is 6.29 Å². The van der Waals surface area contributed by atoms with E-state index < -0.39 is 0 Å². The first-order chi connectivity index (χ1) is 5.87. The maximum absolute atomic E-state index is 11.0. The first-order valence-electron chi connectivity index (χ1n) is 4.57. The lowest BCUT2D eigenvalue weighted by Gasteiger charge is -2.26. The summed E-state index contributed by atoms with van der Waals surface area (Å²) in [7, 11) is 0. The number of aldehydes is 1. The molecule has 2 fully saturated rings. The van der Waals surface area contributed by atoms with Crippen molar-refractivity contribution in [2.24, 2.45) is 5.41 Å². The number of hydrogen-bond donors (Lipinski definition) is 0. The van der Waals surface area contributed by atoms with Crippen LogP contribution in [0.5, 0.6) is 0 Å². The summed E-state index contributed by atoms with van der Waals surface area (Å²) in [6, 6.07) is 0. The van der Waals surface area contributed by atoms with E-state index in [4.69, 9.17) is 9.47 Å². The number of hydrogen-bond acceptors (Lipinski definition) is 3. The van der Waals surface area contributed by atoms with E-state index in [0.717, 1.165) is 32.0 Å². The number of carbonyl (C=O) groups is 1. The van der Waals surface area contributed by atoms with Gasteiger partial charge in [-0.05, 0) is 12.8 Å². The highest BCUT2D eigenvalue weighted by Gasteiger charge is 2.44. The third kappa shape index (κ3) is 1.17. The molecule has 3 nitrogen and oxygen atoms in total. The van der Waals surface area contributed by atoms with Gasteiger partial charge in [-0.2, -0.15) is 0 Å². The molecule has 0 radical (unpaired) electrons. The molecule has 1 saturated heterocycles. The largest absolute Gasteiger partial charge is 0.349 e. The van der Waals surface area contributed by atoms with Gasteiger partial charge in [0.05, 0.1) is 18.6 Å². The van der Waals surface area contributed by atoms with Crippen LogP contribution >= 0.6 is 0 Å². The second kappa shape index (κ2) is 3.15. The molecule has 0 unspecified atom stereocenters. The average Bonchev–Trinajstić information content (AvgIpc) is 2.76. The molecule has 0 N–H and O–H groups in total. The van der Waals surface area contributed by atoms with Crippen LogP contribution in [-0.4, -0.2) is 25.8 Å². The Hall–Kier alpha value is -0.410. The van der Waals surface area contributed by atoms with Crippen LogP contribution < -0.4 is 0 Å². The molecule has 0 aromatic carbocycles. The van der Waals surface area contributed by atoms with Gasteiger partial charge in [0, 0.05) is 0 Å². The summed E-state index contributed by atoms with van der Waals surface area (Å²) in [5.74, 6) is 0. The Morgan fingerprint density at radius 1 is 1.17 bits per heavy atom. The van der Waals surface area contributed by atoms with Crippen LogP contribution in [-0.2, 0) is 14.3 Å². The van der Waals surface area contributed by atoms with Crippen molar-refractivity contribution in [3.05, 3.63) is 0 Å². The molecular weight excluding hydrogens is 156 g/mol. The SMILES string of the molecule is O=CC1(C2OCCO2)CCCC1. The second-order valence-corrected chi connectivity index (χ2v) is 3.63. The summed E-state index contributed by atoms with van der Waals surface area (Å²) < 4.78 is 10.8. The minimum Gasteiger partial charge on any atom is -0.349 e. The van der Waals surface area contributed by atoms with Crippen molar-refractivity contribution < 1.29 is 14.3 Å². The van der Waals surface area contributed by atoms with E-state index in [0.29, 0.717) is 13.2 Å². The first-order valence-corrected chi connectivity index (χ1v) is 4.57. The van der Waals surface area contributed by atoms with Gasteiger partial charge >= 0.3 is 0 Å². The number of ether oxygens (including phenoxy) is 2. The van der Waals surface area contributed by atoms with E-state index in [2.05, 4.69) is 0 Å². The highest BCUT2D eigenvalue weighted by molar-refractivity contribution is 5.60. The van der Waals surface area contributed by atoms with Gasteiger partial charge in [-0.3, -0.25) is 0 Å². The Balaban J connectivity index is 2.09. The molecule has 2 rings (SSSR count). The van der Waals surface area contributed by atoms with Crippen LogP contribution in [0.3, 0.4) is 0 Å². The summed E-state index contributed by atoms with van der Waals surface area (Å²) in [4.78, 5) is 11.0. The molecule has 1 aliphatic heterocycles. The van der Waals surface area contributed by atoms with E-state index >= 15 is 0 Å². The molecule has 68 valence electrons. The zero-order chi connectivity index (χ0) is 8.44. The summed E-state index contributed by atoms with van der Waals surface area (Å²) in [6.07, 6.45) is 4.90. The standard InChI is InChI=1S/C9H14O3/c10-7-9(3-1-2-4-9)8-11-5-6-12-8/h7-8H,1-6H2. The smallest absolute Gasteiger partial charge is 0.169 e. The normalized spacial score (nSPS) is 29.3. The molecule has 12 heavy (non-hydrogen) atoms. The third-order valence-electron chi connectivity index (χ3n) is 2.86. The predicted molar refractivity (Wildman–Crippen MR) is 42.7 cm³/mol. The minimum atomic E-state index is -0.309. The predicted octanol–water partition coefficient (Wildman–Crippen LogP) is 1.12. The molecule has 0 bridgehead atoms. The quantitative estimate of drug-likeness (QED) is 0.582. The fourth-order valence-electron chi connectivity index (χ4n) is 2.13. The summed E-state index contributed by atoms with van der Waals surface area (Å²) in [6.45, 7) is 1.28. The fourth-order valence-corrected chi connectivity index (χ4v) is 2.13. The fraction of sp³-hybridized carbons (Fsp3) is 0.889. The van der Waals surface area contributed by atoms with Crippen LogP contribution in [0.4, 0.5) is 0 Å². The Morgan fingerprint density at radius 3 is 2.25 bits per heavy atom. The highest BCUT2D eigenvalue weighted by atomic mass is 16.7. The number of rotatable bonds is 2. The molecule has 1 heterocycles. The van der Waals surface area contributed by atoms with Crippen molar-refractivity contribution in [1.82, 2.24) is 0 Å². The van der Waals surface area contributed by atoms with Gasteiger partial charge in [0.15, 0.2) is 6.29 Å². The lowest BCUT2D eigenvalue weighted by molar-refractivity contribution is -0.149. The maximum Gasteiger partial charge on any atom is 0.169 e. The van der Waals surface area contributed by atoms with Crippen LogP contribution in [0.1, 0.15) is 25.7 Å². The van der Waals surface area contributed by atoms with Crippen molar-refractivity contribution in [2.75, 3.05) is 13.2 Å². The van der Waals surface area contributed by atoms with Crippen molar-refractivity contribution in [3.63, 3.8) is 0 Å².